The Morgan fingerprint density at radius 3 is 1.60 bits per heavy atom. The summed E-state index contributed by atoms with van der Waals surface area (Å²) in [6.07, 6.45) is 0. The maximum atomic E-state index is 5.50. The first kappa shape index (κ1) is 33.1. The number of fused-ring (bicyclic) bond motifs is 15. The smallest absolute Gasteiger partial charge is 0.160 e. The monoisotopic (exact) mass is 761 g/mol. The molecule has 60 heavy (non-hydrogen) atoms. The second-order valence-electron chi connectivity index (χ2n) is 16.0. The van der Waals surface area contributed by atoms with Gasteiger partial charge >= 0.3 is 0 Å². The van der Waals surface area contributed by atoms with Gasteiger partial charge in [-0.15, -0.1) is 0 Å². The Hall–Kier alpha value is -7.88. The van der Waals surface area contributed by atoms with Crippen molar-refractivity contribution in [3.8, 4) is 61.8 Å². The van der Waals surface area contributed by atoms with Crippen molar-refractivity contribution in [2.45, 2.75) is 5.41 Å². The van der Waals surface area contributed by atoms with Gasteiger partial charge in [0.1, 0.15) is 0 Å². The molecule has 2 aliphatic rings. The number of rotatable bonds is 4. The van der Waals surface area contributed by atoms with E-state index in [4.69, 9.17) is 9.97 Å². The fourth-order valence-electron chi connectivity index (χ4n) is 10.6. The van der Waals surface area contributed by atoms with E-state index in [0.717, 1.165) is 33.8 Å². The number of hydrogen-bond acceptors (Lipinski definition) is 2. The van der Waals surface area contributed by atoms with Crippen molar-refractivity contribution in [1.82, 2.24) is 14.5 Å². The molecule has 0 amide bonds. The fraction of sp³-hybridized carbons (Fsp3) is 0.0175. The summed E-state index contributed by atoms with van der Waals surface area (Å²) in [7, 11) is 0. The molecule has 9 aromatic carbocycles. The summed E-state index contributed by atoms with van der Waals surface area (Å²) >= 11 is 0. The molecule has 0 fully saturated rings. The Kier molecular flexibility index (Phi) is 6.93. The number of hydrogen-bond donors (Lipinski definition) is 0. The number of nitrogens with zero attached hydrogens (tertiary/aromatic N) is 3. The van der Waals surface area contributed by atoms with Crippen molar-refractivity contribution < 1.29 is 0 Å². The summed E-state index contributed by atoms with van der Waals surface area (Å²) in [6, 6.07) is 77.2. The zero-order valence-corrected chi connectivity index (χ0v) is 32.5. The van der Waals surface area contributed by atoms with Gasteiger partial charge in [0.15, 0.2) is 5.82 Å². The van der Waals surface area contributed by atoms with E-state index in [0.29, 0.717) is 5.82 Å². The highest BCUT2D eigenvalue weighted by molar-refractivity contribution is 6.10. The van der Waals surface area contributed by atoms with Gasteiger partial charge in [0, 0.05) is 33.2 Å². The van der Waals surface area contributed by atoms with E-state index >= 15 is 0 Å². The van der Waals surface area contributed by atoms with E-state index in [1.165, 1.54) is 77.1 Å². The van der Waals surface area contributed by atoms with Gasteiger partial charge in [-0.3, -0.25) is 0 Å². The molecule has 0 unspecified atom stereocenters. The lowest BCUT2D eigenvalue weighted by molar-refractivity contribution is 0.801. The van der Waals surface area contributed by atoms with Crippen molar-refractivity contribution in [3.05, 3.63) is 235 Å². The normalized spacial score (nSPS) is 13.1. The molecule has 2 aromatic heterocycles. The molecule has 0 aliphatic heterocycles. The van der Waals surface area contributed by atoms with Gasteiger partial charge < -0.3 is 4.57 Å². The maximum Gasteiger partial charge on any atom is 0.160 e. The maximum absolute atomic E-state index is 5.50. The molecule has 1 spiro atoms. The second kappa shape index (κ2) is 12.6. The lowest BCUT2D eigenvalue weighted by Gasteiger charge is -2.31. The second-order valence-corrected chi connectivity index (χ2v) is 16.0. The molecule has 13 rings (SSSR count). The molecule has 2 aliphatic carbocycles. The lowest BCUT2D eigenvalue weighted by Crippen LogP contribution is -2.26. The first-order chi connectivity index (χ1) is 29.8. The van der Waals surface area contributed by atoms with Gasteiger partial charge in [0.05, 0.1) is 27.8 Å². The summed E-state index contributed by atoms with van der Waals surface area (Å²) in [5.74, 6) is 0.699. The van der Waals surface area contributed by atoms with Crippen LogP contribution in [0.15, 0.2) is 212 Å². The third kappa shape index (κ3) is 4.49. The van der Waals surface area contributed by atoms with Crippen LogP contribution in [0.5, 0.6) is 0 Å². The Morgan fingerprint density at radius 1 is 0.367 bits per heavy atom. The standard InChI is InChI=1S/C57H35N3/c1-2-17-36(18-3-1)56-58-50(38-20-16-21-39(33-38)60-52-31-14-9-25-43(52)44-26-10-15-32-53(44)60)35-51(59-56)46-34-37-19-4-5-22-40(37)55-54(46)45-27-8-13-30-49(45)57(55)47-28-11-6-23-41(47)42-24-7-12-29-48(42)57/h1-35H. The molecule has 11 aromatic rings. The van der Waals surface area contributed by atoms with Gasteiger partial charge in [0.25, 0.3) is 0 Å². The van der Waals surface area contributed by atoms with Crippen LogP contribution in [-0.2, 0) is 5.41 Å². The molecule has 0 saturated heterocycles. The van der Waals surface area contributed by atoms with E-state index in [1.807, 2.05) is 6.07 Å². The van der Waals surface area contributed by atoms with E-state index in [2.05, 4.69) is 211 Å². The minimum atomic E-state index is -0.497. The van der Waals surface area contributed by atoms with Crippen molar-refractivity contribution in [3.63, 3.8) is 0 Å². The van der Waals surface area contributed by atoms with Gasteiger partial charge in [-0.1, -0.05) is 176 Å². The molecular formula is C57H35N3. The first-order valence-electron chi connectivity index (χ1n) is 20.7. The van der Waals surface area contributed by atoms with Crippen LogP contribution in [0.4, 0.5) is 0 Å². The molecule has 0 atom stereocenters. The van der Waals surface area contributed by atoms with Crippen molar-refractivity contribution >= 4 is 32.6 Å². The molecule has 2 heterocycles. The van der Waals surface area contributed by atoms with Gasteiger partial charge in [-0.2, -0.15) is 0 Å². The third-order valence-electron chi connectivity index (χ3n) is 13.0. The average molecular weight is 762 g/mol. The highest BCUT2D eigenvalue weighted by Crippen LogP contribution is 2.65. The lowest BCUT2D eigenvalue weighted by atomic mass is 9.69. The molecule has 3 nitrogen and oxygen atoms in total. The summed E-state index contributed by atoms with van der Waals surface area (Å²) in [5.41, 5.74) is 18.2. The van der Waals surface area contributed by atoms with Crippen LogP contribution in [0.3, 0.4) is 0 Å². The minimum Gasteiger partial charge on any atom is -0.309 e. The van der Waals surface area contributed by atoms with Gasteiger partial charge in [0.2, 0.25) is 0 Å². The molecular weight excluding hydrogens is 727 g/mol. The van der Waals surface area contributed by atoms with Crippen molar-refractivity contribution in [2.75, 3.05) is 0 Å². The van der Waals surface area contributed by atoms with Crippen molar-refractivity contribution in [1.29, 1.82) is 0 Å². The van der Waals surface area contributed by atoms with Crippen LogP contribution < -0.4 is 0 Å². The van der Waals surface area contributed by atoms with Crippen LogP contribution in [0.2, 0.25) is 0 Å². The van der Waals surface area contributed by atoms with Gasteiger partial charge in [-0.25, -0.2) is 9.97 Å². The van der Waals surface area contributed by atoms with E-state index < -0.39 is 5.41 Å². The largest absolute Gasteiger partial charge is 0.309 e. The van der Waals surface area contributed by atoms with Crippen LogP contribution in [-0.4, -0.2) is 14.5 Å². The average Bonchev–Trinajstić information content (AvgIpc) is 3.94. The third-order valence-corrected chi connectivity index (χ3v) is 13.0. The molecule has 0 bridgehead atoms. The number of benzene rings is 9. The molecule has 0 saturated carbocycles. The van der Waals surface area contributed by atoms with Crippen LogP contribution in [0, 0.1) is 0 Å². The highest BCUT2D eigenvalue weighted by atomic mass is 15.0. The van der Waals surface area contributed by atoms with Gasteiger partial charge in [-0.05, 0) is 91.7 Å². The Balaban J connectivity index is 1.11. The highest BCUT2D eigenvalue weighted by Gasteiger charge is 2.53. The first-order valence-corrected chi connectivity index (χ1v) is 20.7. The number of aromatic nitrogens is 3. The van der Waals surface area contributed by atoms with Crippen LogP contribution >= 0.6 is 0 Å². The number of para-hydroxylation sites is 2. The molecule has 0 N–H and O–H groups in total. The molecule has 278 valence electrons. The van der Waals surface area contributed by atoms with E-state index in [1.54, 1.807) is 0 Å². The quantitative estimate of drug-likeness (QED) is 0.179. The predicted octanol–water partition coefficient (Wildman–Crippen LogP) is 14.1. The molecule has 3 heteroatoms. The Morgan fingerprint density at radius 2 is 0.900 bits per heavy atom. The molecule has 0 radical (unpaired) electrons. The topological polar surface area (TPSA) is 30.7 Å². The zero-order chi connectivity index (χ0) is 39.4. The summed E-state index contributed by atoms with van der Waals surface area (Å²) < 4.78 is 2.37. The summed E-state index contributed by atoms with van der Waals surface area (Å²) in [6.45, 7) is 0. The fourth-order valence-corrected chi connectivity index (χ4v) is 10.6. The SMILES string of the molecule is c1ccc(-c2nc(-c3cccc(-n4c5ccccc5c5ccccc54)c3)cc(-c3cc4ccccc4c4c3-c3ccccc3C43c4ccccc4-c4ccccc43)n2)cc1. The zero-order valence-electron chi connectivity index (χ0n) is 32.5. The summed E-state index contributed by atoms with van der Waals surface area (Å²) in [4.78, 5) is 10.9. The van der Waals surface area contributed by atoms with Crippen molar-refractivity contribution in [2.24, 2.45) is 0 Å². The summed E-state index contributed by atoms with van der Waals surface area (Å²) in [5, 5.41) is 4.93. The van der Waals surface area contributed by atoms with Crippen LogP contribution in [0.25, 0.3) is 94.4 Å². The Bertz CT molecular complexity index is 3460. The predicted molar refractivity (Wildman–Crippen MR) is 246 cm³/mol. The minimum absolute atomic E-state index is 0.497. The Labute approximate surface area is 347 Å². The van der Waals surface area contributed by atoms with E-state index in [9.17, 15) is 0 Å². The van der Waals surface area contributed by atoms with E-state index in [-0.39, 0.29) is 0 Å². The van der Waals surface area contributed by atoms with Crippen LogP contribution in [0.1, 0.15) is 22.3 Å².